The molecule has 0 saturated heterocycles. The standard InChI is InChI=1S/C58H41N/c1-57(2)52-24-12-14-26-54(52)58(55-27-15-13-25-53(55)57)51-23-11-10-22-48(51)49-35-33-42(37-56(49)58)59(40-30-28-39(29-31-40)38-16-4-3-5-17-38)41-32-34-47-45-20-7-6-18-43(45)44-19-8-9-21-46(44)50(47)36-41/h3-37H,1-2H3. The number of anilines is 3. The molecule has 59 heavy (non-hydrogen) atoms. The number of hydrogen-bond acceptors (Lipinski definition) is 1. The summed E-state index contributed by atoms with van der Waals surface area (Å²) in [5.41, 5.74) is 15.9. The predicted molar refractivity (Wildman–Crippen MR) is 249 cm³/mol. The molecule has 0 heterocycles. The Morgan fingerprint density at radius 3 is 1.34 bits per heavy atom. The largest absolute Gasteiger partial charge is 0.310 e. The van der Waals surface area contributed by atoms with E-state index >= 15 is 0 Å². The Morgan fingerprint density at radius 1 is 0.288 bits per heavy atom. The zero-order valence-corrected chi connectivity index (χ0v) is 33.2. The van der Waals surface area contributed by atoms with E-state index in [9.17, 15) is 0 Å². The zero-order valence-electron chi connectivity index (χ0n) is 33.2. The first-order valence-corrected chi connectivity index (χ1v) is 20.8. The summed E-state index contributed by atoms with van der Waals surface area (Å²) in [6.45, 7) is 4.78. The van der Waals surface area contributed by atoms with Crippen LogP contribution in [-0.2, 0) is 10.8 Å². The van der Waals surface area contributed by atoms with Gasteiger partial charge in [0.2, 0.25) is 0 Å². The lowest BCUT2D eigenvalue weighted by Gasteiger charge is -2.46. The first-order valence-electron chi connectivity index (χ1n) is 20.8. The van der Waals surface area contributed by atoms with Crippen molar-refractivity contribution in [2.45, 2.75) is 24.7 Å². The van der Waals surface area contributed by atoms with E-state index < -0.39 is 5.41 Å². The lowest BCUT2D eigenvalue weighted by Crippen LogP contribution is -2.40. The van der Waals surface area contributed by atoms with Crippen molar-refractivity contribution < 1.29 is 0 Å². The normalized spacial score (nSPS) is 14.2. The van der Waals surface area contributed by atoms with Crippen LogP contribution in [0.15, 0.2) is 212 Å². The molecule has 1 nitrogen and oxygen atoms in total. The molecule has 0 radical (unpaired) electrons. The lowest BCUT2D eigenvalue weighted by atomic mass is 9.55. The summed E-state index contributed by atoms with van der Waals surface area (Å²) in [4.78, 5) is 2.47. The minimum Gasteiger partial charge on any atom is -0.310 e. The average molecular weight is 752 g/mol. The van der Waals surface area contributed by atoms with Crippen molar-refractivity contribution in [1.82, 2.24) is 0 Å². The van der Waals surface area contributed by atoms with Crippen molar-refractivity contribution in [3.8, 4) is 22.3 Å². The van der Waals surface area contributed by atoms with Crippen molar-refractivity contribution in [2.24, 2.45) is 0 Å². The van der Waals surface area contributed by atoms with Crippen LogP contribution < -0.4 is 4.90 Å². The third-order valence-electron chi connectivity index (χ3n) is 13.5. The van der Waals surface area contributed by atoms with Crippen LogP contribution in [0.2, 0.25) is 0 Å². The second-order valence-electron chi connectivity index (χ2n) is 16.8. The van der Waals surface area contributed by atoms with Gasteiger partial charge in [0.25, 0.3) is 0 Å². The molecular formula is C58H41N. The average Bonchev–Trinajstić information content (AvgIpc) is 3.59. The highest BCUT2D eigenvalue weighted by molar-refractivity contribution is 6.25. The first-order chi connectivity index (χ1) is 29.0. The van der Waals surface area contributed by atoms with Gasteiger partial charge in [-0.3, -0.25) is 0 Å². The summed E-state index contributed by atoms with van der Waals surface area (Å²) >= 11 is 0. The highest BCUT2D eigenvalue weighted by atomic mass is 15.1. The number of rotatable bonds is 4. The molecule has 0 atom stereocenters. The minimum absolute atomic E-state index is 0.154. The Bertz CT molecular complexity index is 3210. The molecule has 10 aromatic carbocycles. The van der Waals surface area contributed by atoms with Crippen LogP contribution in [0.25, 0.3) is 54.6 Å². The molecule has 10 aromatic rings. The van der Waals surface area contributed by atoms with Gasteiger partial charge in [-0.2, -0.15) is 0 Å². The molecule has 0 amide bonds. The molecular weight excluding hydrogens is 711 g/mol. The maximum atomic E-state index is 2.51. The smallest absolute Gasteiger partial charge is 0.0720 e. The Morgan fingerprint density at radius 2 is 0.712 bits per heavy atom. The van der Waals surface area contributed by atoms with E-state index in [-0.39, 0.29) is 5.41 Å². The van der Waals surface area contributed by atoms with E-state index in [4.69, 9.17) is 0 Å². The van der Waals surface area contributed by atoms with E-state index in [2.05, 4.69) is 231 Å². The van der Waals surface area contributed by atoms with E-state index in [1.165, 1.54) is 88.0 Å². The summed E-state index contributed by atoms with van der Waals surface area (Å²) in [5.74, 6) is 0. The van der Waals surface area contributed by atoms with Gasteiger partial charge in [-0.05, 0) is 124 Å². The molecule has 0 fully saturated rings. The van der Waals surface area contributed by atoms with Crippen LogP contribution in [0.5, 0.6) is 0 Å². The third kappa shape index (κ3) is 4.73. The Labute approximate surface area is 345 Å². The predicted octanol–water partition coefficient (Wildman–Crippen LogP) is 15.3. The summed E-state index contributed by atoms with van der Waals surface area (Å²) < 4.78 is 0. The van der Waals surface area contributed by atoms with Gasteiger partial charge in [0.05, 0.1) is 5.41 Å². The van der Waals surface area contributed by atoms with Gasteiger partial charge in [-0.25, -0.2) is 0 Å². The number of benzene rings is 10. The van der Waals surface area contributed by atoms with Crippen molar-refractivity contribution in [3.05, 3.63) is 246 Å². The monoisotopic (exact) mass is 751 g/mol. The molecule has 0 saturated carbocycles. The number of fused-ring (bicyclic) bond motifs is 15. The van der Waals surface area contributed by atoms with Gasteiger partial charge in [0, 0.05) is 22.5 Å². The Balaban J connectivity index is 1.14. The highest BCUT2D eigenvalue weighted by Gasteiger charge is 2.53. The third-order valence-corrected chi connectivity index (χ3v) is 13.5. The topological polar surface area (TPSA) is 3.24 Å². The van der Waals surface area contributed by atoms with E-state index in [1.54, 1.807) is 0 Å². The SMILES string of the molecule is CC1(C)c2ccccc2C2(c3ccccc3-c3ccc(N(c4ccc(-c5ccccc5)cc4)c4ccc5c6ccccc6c6ccccc6c5c4)cc32)c2ccccc21. The molecule has 0 aromatic heterocycles. The van der Waals surface area contributed by atoms with Gasteiger partial charge in [-0.1, -0.05) is 190 Å². The summed E-state index contributed by atoms with van der Waals surface area (Å²) in [6.07, 6.45) is 0. The quantitative estimate of drug-likeness (QED) is 0.162. The van der Waals surface area contributed by atoms with Crippen molar-refractivity contribution in [3.63, 3.8) is 0 Å². The maximum Gasteiger partial charge on any atom is 0.0720 e. The number of hydrogen-bond donors (Lipinski definition) is 0. The lowest BCUT2D eigenvalue weighted by molar-refractivity contribution is 0.563. The molecule has 0 bridgehead atoms. The Kier molecular flexibility index (Phi) is 7.26. The summed E-state index contributed by atoms with van der Waals surface area (Å²) in [6, 6.07) is 79.3. The second-order valence-corrected chi connectivity index (χ2v) is 16.8. The van der Waals surface area contributed by atoms with Crippen LogP contribution in [0, 0.1) is 0 Å². The van der Waals surface area contributed by atoms with Crippen LogP contribution in [0.1, 0.15) is 47.2 Å². The summed E-state index contributed by atoms with van der Waals surface area (Å²) in [7, 11) is 0. The fraction of sp³-hybridized carbons (Fsp3) is 0.0690. The molecule has 2 aliphatic rings. The Hall–Kier alpha value is -7.22. The molecule has 0 aliphatic heterocycles. The van der Waals surface area contributed by atoms with E-state index in [0.717, 1.165) is 17.1 Å². The van der Waals surface area contributed by atoms with Gasteiger partial charge in [-0.15, -0.1) is 0 Å². The maximum absolute atomic E-state index is 2.51. The molecule has 0 N–H and O–H groups in total. The van der Waals surface area contributed by atoms with Crippen LogP contribution >= 0.6 is 0 Å². The van der Waals surface area contributed by atoms with Gasteiger partial charge < -0.3 is 4.90 Å². The van der Waals surface area contributed by atoms with Crippen molar-refractivity contribution >= 4 is 49.4 Å². The second kappa shape index (κ2) is 12.6. The van der Waals surface area contributed by atoms with Crippen molar-refractivity contribution in [1.29, 1.82) is 0 Å². The fourth-order valence-electron chi connectivity index (χ4n) is 10.9. The molecule has 2 aliphatic carbocycles. The van der Waals surface area contributed by atoms with Crippen LogP contribution in [0.4, 0.5) is 17.1 Å². The fourth-order valence-corrected chi connectivity index (χ4v) is 10.9. The highest BCUT2D eigenvalue weighted by Crippen LogP contribution is 2.62. The molecule has 1 heteroatoms. The molecule has 278 valence electrons. The van der Waals surface area contributed by atoms with Crippen LogP contribution in [-0.4, -0.2) is 0 Å². The number of nitrogens with zero attached hydrogens (tertiary/aromatic N) is 1. The molecule has 12 rings (SSSR count). The van der Waals surface area contributed by atoms with Gasteiger partial charge >= 0.3 is 0 Å². The van der Waals surface area contributed by atoms with Gasteiger partial charge in [0.15, 0.2) is 0 Å². The summed E-state index contributed by atoms with van der Waals surface area (Å²) in [5, 5.41) is 7.64. The molecule has 0 unspecified atom stereocenters. The minimum atomic E-state index is -0.480. The zero-order chi connectivity index (χ0) is 39.3. The molecule has 1 spiro atoms. The van der Waals surface area contributed by atoms with Gasteiger partial charge in [0.1, 0.15) is 0 Å². The van der Waals surface area contributed by atoms with E-state index in [0.29, 0.717) is 0 Å². The first kappa shape index (κ1) is 33.9. The van der Waals surface area contributed by atoms with E-state index in [1.807, 2.05) is 0 Å². The van der Waals surface area contributed by atoms with Crippen molar-refractivity contribution in [2.75, 3.05) is 4.90 Å². The van der Waals surface area contributed by atoms with Crippen LogP contribution in [0.3, 0.4) is 0 Å².